The van der Waals surface area contributed by atoms with E-state index in [2.05, 4.69) is 0 Å². The Hall–Kier alpha value is -1.52. The molecule has 21 heavy (non-hydrogen) atoms. The number of rotatable bonds is 2. The monoisotopic (exact) mass is 313 g/mol. The molecule has 0 aromatic heterocycles. The van der Waals surface area contributed by atoms with E-state index in [-0.39, 0.29) is 0 Å². The highest BCUT2D eigenvalue weighted by Crippen LogP contribution is 2.32. The van der Waals surface area contributed by atoms with Crippen molar-refractivity contribution >= 4 is 11.6 Å². The lowest BCUT2D eigenvalue weighted by Gasteiger charge is -2.17. The fraction of sp³-hybridized carbons (Fsp3) is 0.250. The zero-order valence-electron chi connectivity index (χ0n) is 11.6. The first kappa shape index (κ1) is 15.9. The number of aryl methyl sites for hydroxylation is 2. The molecule has 0 aliphatic carbocycles. The van der Waals surface area contributed by atoms with Crippen molar-refractivity contribution in [1.29, 1.82) is 0 Å². The summed E-state index contributed by atoms with van der Waals surface area (Å²) in [6, 6.07) is 8.13. The molecule has 0 saturated carbocycles. The molecule has 2 rings (SSSR count). The fourth-order valence-corrected chi connectivity index (χ4v) is 2.42. The molecule has 112 valence electrons. The summed E-state index contributed by atoms with van der Waals surface area (Å²) >= 11 is 6.04. The van der Waals surface area contributed by atoms with Crippen molar-refractivity contribution in [3.8, 4) is 0 Å². The van der Waals surface area contributed by atoms with Crippen LogP contribution in [0.5, 0.6) is 0 Å². The van der Waals surface area contributed by atoms with E-state index in [1.54, 1.807) is 0 Å². The lowest BCUT2D eigenvalue weighted by atomic mass is 9.93. The summed E-state index contributed by atoms with van der Waals surface area (Å²) < 4.78 is 37.7. The number of halogens is 4. The van der Waals surface area contributed by atoms with E-state index in [4.69, 9.17) is 17.3 Å². The molecule has 1 atom stereocenters. The Labute approximate surface area is 126 Å². The first-order chi connectivity index (χ1) is 9.70. The van der Waals surface area contributed by atoms with E-state index in [0.29, 0.717) is 10.6 Å². The van der Waals surface area contributed by atoms with Crippen molar-refractivity contribution in [2.24, 2.45) is 5.73 Å². The van der Waals surface area contributed by atoms with Crippen molar-refractivity contribution in [2.75, 3.05) is 0 Å². The van der Waals surface area contributed by atoms with Gasteiger partial charge in [0.2, 0.25) is 0 Å². The van der Waals surface area contributed by atoms with Gasteiger partial charge in [0.05, 0.1) is 11.6 Å². The average molecular weight is 314 g/mol. The lowest BCUT2D eigenvalue weighted by Crippen LogP contribution is -2.14. The molecule has 0 aliphatic rings. The van der Waals surface area contributed by atoms with Crippen LogP contribution in [0.15, 0.2) is 36.4 Å². The maximum atomic E-state index is 12.6. The molecule has 0 aliphatic heterocycles. The molecule has 2 N–H and O–H groups in total. The first-order valence-corrected chi connectivity index (χ1v) is 6.77. The third kappa shape index (κ3) is 3.39. The zero-order valence-corrected chi connectivity index (χ0v) is 12.4. The SMILES string of the molecule is Cc1cc(C(N)c2ccc(C(F)(F)F)cc2)c(C)cc1Cl. The third-order valence-electron chi connectivity index (χ3n) is 3.48. The number of benzene rings is 2. The van der Waals surface area contributed by atoms with Crippen LogP contribution in [-0.4, -0.2) is 0 Å². The number of hydrogen-bond donors (Lipinski definition) is 1. The van der Waals surface area contributed by atoms with Crippen LogP contribution in [0.3, 0.4) is 0 Å². The third-order valence-corrected chi connectivity index (χ3v) is 3.89. The first-order valence-electron chi connectivity index (χ1n) is 6.39. The summed E-state index contributed by atoms with van der Waals surface area (Å²) in [6.45, 7) is 3.75. The molecule has 1 unspecified atom stereocenters. The highest BCUT2D eigenvalue weighted by atomic mass is 35.5. The molecule has 0 radical (unpaired) electrons. The predicted octanol–water partition coefficient (Wildman–Crippen LogP) is 5.02. The number of hydrogen-bond acceptors (Lipinski definition) is 1. The van der Waals surface area contributed by atoms with E-state index in [9.17, 15) is 13.2 Å². The second-order valence-corrected chi connectivity index (χ2v) is 5.46. The Morgan fingerprint density at radius 1 is 1.00 bits per heavy atom. The minimum atomic E-state index is -4.34. The Morgan fingerprint density at radius 3 is 2.10 bits per heavy atom. The molecule has 0 spiro atoms. The van der Waals surface area contributed by atoms with E-state index >= 15 is 0 Å². The number of nitrogens with two attached hydrogens (primary N) is 1. The van der Waals surface area contributed by atoms with Gasteiger partial charge in [-0.3, -0.25) is 0 Å². The molecule has 0 fully saturated rings. The summed E-state index contributed by atoms with van der Waals surface area (Å²) in [7, 11) is 0. The second kappa shape index (κ2) is 5.70. The largest absolute Gasteiger partial charge is 0.416 e. The van der Waals surface area contributed by atoms with Crippen LogP contribution in [0.1, 0.15) is 33.9 Å². The van der Waals surface area contributed by atoms with Gasteiger partial charge in [0.25, 0.3) is 0 Å². The summed E-state index contributed by atoms with van der Waals surface area (Å²) in [6.07, 6.45) is -4.34. The highest BCUT2D eigenvalue weighted by Gasteiger charge is 2.30. The van der Waals surface area contributed by atoms with Crippen molar-refractivity contribution in [3.05, 3.63) is 69.2 Å². The van der Waals surface area contributed by atoms with Gasteiger partial charge in [-0.2, -0.15) is 13.2 Å². The quantitative estimate of drug-likeness (QED) is 0.827. The highest BCUT2D eigenvalue weighted by molar-refractivity contribution is 6.31. The van der Waals surface area contributed by atoms with Gasteiger partial charge in [-0.1, -0.05) is 29.8 Å². The van der Waals surface area contributed by atoms with Gasteiger partial charge >= 0.3 is 6.18 Å². The standard InChI is InChI=1S/C16H15ClF3N/c1-9-8-14(17)10(2)7-13(9)15(21)11-3-5-12(6-4-11)16(18,19)20/h3-8,15H,21H2,1-2H3. The van der Waals surface area contributed by atoms with Crippen LogP contribution < -0.4 is 5.73 Å². The molecule has 2 aromatic carbocycles. The van der Waals surface area contributed by atoms with Gasteiger partial charge in [0.1, 0.15) is 0 Å². The normalized spacial score (nSPS) is 13.3. The van der Waals surface area contributed by atoms with Crippen LogP contribution in [0, 0.1) is 13.8 Å². The summed E-state index contributed by atoms with van der Waals surface area (Å²) in [4.78, 5) is 0. The Balaban J connectivity index is 2.36. The fourth-order valence-electron chi connectivity index (χ4n) is 2.20. The lowest BCUT2D eigenvalue weighted by molar-refractivity contribution is -0.137. The van der Waals surface area contributed by atoms with E-state index < -0.39 is 17.8 Å². The minimum Gasteiger partial charge on any atom is -0.320 e. The maximum absolute atomic E-state index is 12.6. The van der Waals surface area contributed by atoms with Gasteiger partial charge in [0.15, 0.2) is 0 Å². The van der Waals surface area contributed by atoms with Crippen molar-refractivity contribution in [3.63, 3.8) is 0 Å². The molecule has 0 heterocycles. The van der Waals surface area contributed by atoms with Gasteiger partial charge in [-0.05, 0) is 54.3 Å². The Morgan fingerprint density at radius 2 is 1.57 bits per heavy atom. The summed E-state index contributed by atoms with van der Waals surface area (Å²) in [5.41, 5.74) is 8.79. The van der Waals surface area contributed by atoms with E-state index in [0.717, 1.165) is 28.8 Å². The molecule has 2 aromatic rings. The van der Waals surface area contributed by atoms with Crippen LogP contribution in [0.4, 0.5) is 13.2 Å². The summed E-state index contributed by atoms with van der Waals surface area (Å²) in [5, 5.41) is 0.649. The van der Waals surface area contributed by atoms with Crippen molar-refractivity contribution in [1.82, 2.24) is 0 Å². The van der Waals surface area contributed by atoms with E-state index in [1.807, 2.05) is 26.0 Å². The number of alkyl halides is 3. The molecular formula is C16H15ClF3N. The van der Waals surface area contributed by atoms with Gasteiger partial charge in [-0.15, -0.1) is 0 Å². The molecule has 0 bridgehead atoms. The minimum absolute atomic E-state index is 0.483. The van der Waals surface area contributed by atoms with Crippen LogP contribution >= 0.6 is 11.6 Å². The zero-order chi connectivity index (χ0) is 15.8. The van der Waals surface area contributed by atoms with Crippen molar-refractivity contribution in [2.45, 2.75) is 26.1 Å². The Bertz CT molecular complexity index is 648. The topological polar surface area (TPSA) is 26.0 Å². The van der Waals surface area contributed by atoms with Crippen LogP contribution in [0.25, 0.3) is 0 Å². The smallest absolute Gasteiger partial charge is 0.320 e. The van der Waals surface area contributed by atoms with Gasteiger partial charge < -0.3 is 5.73 Å². The Kier molecular flexibility index (Phi) is 4.30. The van der Waals surface area contributed by atoms with Crippen LogP contribution in [-0.2, 0) is 6.18 Å². The van der Waals surface area contributed by atoms with Crippen molar-refractivity contribution < 1.29 is 13.2 Å². The van der Waals surface area contributed by atoms with E-state index in [1.165, 1.54) is 12.1 Å². The van der Waals surface area contributed by atoms with Gasteiger partial charge in [-0.25, -0.2) is 0 Å². The second-order valence-electron chi connectivity index (χ2n) is 5.06. The molecule has 0 saturated heterocycles. The maximum Gasteiger partial charge on any atom is 0.416 e. The molecular weight excluding hydrogens is 299 g/mol. The molecule has 0 amide bonds. The average Bonchev–Trinajstić information content (AvgIpc) is 2.41. The molecule has 5 heteroatoms. The van der Waals surface area contributed by atoms with Crippen LogP contribution in [0.2, 0.25) is 5.02 Å². The predicted molar refractivity (Wildman–Crippen MR) is 78.4 cm³/mol. The van der Waals surface area contributed by atoms with Gasteiger partial charge in [0, 0.05) is 5.02 Å². The summed E-state index contributed by atoms with van der Waals surface area (Å²) in [5.74, 6) is 0. The molecule has 1 nitrogen and oxygen atoms in total.